The fourth-order valence-electron chi connectivity index (χ4n) is 2.56. The van der Waals surface area contributed by atoms with E-state index in [0.29, 0.717) is 5.82 Å². The number of nitrogens with zero attached hydrogens (tertiary/aromatic N) is 4. The Labute approximate surface area is 123 Å². The molecule has 0 unspecified atom stereocenters. The van der Waals surface area contributed by atoms with Gasteiger partial charge in [-0.1, -0.05) is 0 Å². The second-order valence-electron chi connectivity index (χ2n) is 5.23. The van der Waals surface area contributed by atoms with Gasteiger partial charge >= 0.3 is 0 Å². The highest BCUT2D eigenvalue weighted by Gasteiger charge is 2.20. The fourth-order valence-corrected chi connectivity index (χ4v) is 2.56. The van der Waals surface area contributed by atoms with Gasteiger partial charge in [-0.25, -0.2) is 4.98 Å². The number of rotatable bonds is 2. The molecule has 1 aromatic heterocycles. The van der Waals surface area contributed by atoms with E-state index < -0.39 is 0 Å². The summed E-state index contributed by atoms with van der Waals surface area (Å²) in [5.41, 5.74) is 7.61. The van der Waals surface area contributed by atoms with Crippen molar-refractivity contribution in [2.24, 2.45) is 7.05 Å². The Balaban J connectivity index is 1.72. The van der Waals surface area contributed by atoms with Crippen molar-refractivity contribution >= 4 is 17.2 Å². The molecule has 1 fully saturated rings. The van der Waals surface area contributed by atoms with Gasteiger partial charge in [-0.15, -0.1) is 0 Å². The van der Waals surface area contributed by atoms with E-state index in [0.717, 1.165) is 37.6 Å². The lowest BCUT2D eigenvalue weighted by Crippen LogP contribution is -2.48. The van der Waals surface area contributed by atoms with Gasteiger partial charge in [0.2, 0.25) is 0 Å². The van der Waals surface area contributed by atoms with E-state index in [1.165, 1.54) is 0 Å². The molecule has 2 N–H and O–H groups in total. The zero-order chi connectivity index (χ0) is 14.8. The predicted molar refractivity (Wildman–Crippen MR) is 84.8 cm³/mol. The number of anilines is 3. The topological polar surface area (TPSA) is 67.4 Å². The van der Waals surface area contributed by atoms with Crippen molar-refractivity contribution < 1.29 is 0 Å². The number of aromatic nitrogens is 2. The summed E-state index contributed by atoms with van der Waals surface area (Å²) in [4.78, 5) is 20.7. The summed E-state index contributed by atoms with van der Waals surface area (Å²) >= 11 is 0. The first-order valence-corrected chi connectivity index (χ1v) is 7.02. The summed E-state index contributed by atoms with van der Waals surface area (Å²) in [5.74, 6) is 0.539. The molecule has 0 saturated carbocycles. The van der Waals surface area contributed by atoms with Crippen molar-refractivity contribution in [3.8, 4) is 0 Å². The number of hydrogen-bond donors (Lipinski definition) is 1. The van der Waals surface area contributed by atoms with E-state index in [-0.39, 0.29) is 5.56 Å². The van der Waals surface area contributed by atoms with E-state index in [4.69, 9.17) is 5.73 Å². The quantitative estimate of drug-likeness (QED) is 0.822. The van der Waals surface area contributed by atoms with E-state index in [1.807, 2.05) is 24.3 Å². The maximum Gasteiger partial charge on any atom is 0.293 e. The SMILES string of the molecule is Cn1ccnc(N2CCN(c3ccc(N)cc3)CC2)c1=O. The molecule has 0 amide bonds. The van der Waals surface area contributed by atoms with E-state index in [1.54, 1.807) is 24.0 Å². The van der Waals surface area contributed by atoms with Gasteiger partial charge in [-0.05, 0) is 24.3 Å². The zero-order valence-electron chi connectivity index (χ0n) is 12.1. The first kappa shape index (κ1) is 13.5. The summed E-state index contributed by atoms with van der Waals surface area (Å²) in [5, 5.41) is 0. The molecular formula is C15H19N5O. The highest BCUT2D eigenvalue weighted by molar-refractivity contribution is 5.54. The molecule has 1 saturated heterocycles. The summed E-state index contributed by atoms with van der Waals surface area (Å²) in [7, 11) is 1.75. The van der Waals surface area contributed by atoms with Crippen molar-refractivity contribution in [2.75, 3.05) is 41.7 Å². The normalized spacial score (nSPS) is 15.3. The Hall–Kier alpha value is -2.50. The molecule has 0 atom stereocenters. The molecule has 0 radical (unpaired) electrons. The van der Waals surface area contributed by atoms with Crippen LogP contribution in [0.2, 0.25) is 0 Å². The average Bonchev–Trinajstić information content (AvgIpc) is 2.51. The largest absolute Gasteiger partial charge is 0.399 e. The van der Waals surface area contributed by atoms with Gasteiger partial charge in [0.15, 0.2) is 5.82 Å². The molecule has 1 aliphatic rings. The molecule has 1 aliphatic heterocycles. The maximum absolute atomic E-state index is 12.1. The number of aryl methyl sites for hydroxylation is 1. The van der Waals surface area contributed by atoms with Crippen LogP contribution in [0.5, 0.6) is 0 Å². The number of piperazine rings is 1. The second-order valence-corrected chi connectivity index (χ2v) is 5.23. The van der Waals surface area contributed by atoms with Crippen LogP contribution in [0.4, 0.5) is 17.2 Å². The van der Waals surface area contributed by atoms with Crippen LogP contribution in [-0.4, -0.2) is 35.7 Å². The van der Waals surface area contributed by atoms with E-state index in [2.05, 4.69) is 14.8 Å². The Kier molecular flexibility index (Phi) is 3.51. The molecule has 6 heteroatoms. The molecule has 0 bridgehead atoms. The Bertz CT molecular complexity index is 671. The lowest BCUT2D eigenvalue weighted by atomic mass is 10.2. The van der Waals surface area contributed by atoms with Crippen LogP contribution >= 0.6 is 0 Å². The number of hydrogen-bond acceptors (Lipinski definition) is 5. The summed E-state index contributed by atoms with van der Waals surface area (Å²) in [6, 6.07) is 7.89. The molecule has 2 heterocycles. The molecular weight excluding hydrogens is 266 g/mol. The average molecular weight is 285 g/mol. The van der Waals surface area contributed by atoms with Crippen LogP contribution in [0.3, 0.4) is 0 Å². The third kappa shape index (κ3) is 2.69. The van der Waals surface area contributed by atoms with Crippen LogP contribution in [0.25, 0.3) is 0 Å². The number of nitrogens with two attached hydrogens (primary N) is 1. The van der Waals surface area contributed by atoms with Gasteiger partial charge in [0.05, 0.1) is 0 Å². The third-order valence-corrected chi connectivity index (χ3v) is 3.84. The van der Waals surface area contributed by atoms with Crippen molar-refractivity contribution in [1.29, 1.82) is 0 Å². The van der Waals surface area contributed by atoms with Crippen LogP contribution in [0.1, 0.15) is 0 Å². The zero-order valence-corrected chi connectivity index (χ0v) is 12.1. The van der Waals surface area contributed by atoms with E-state index in [9.17, 15) is 4.79 Å². The maximum atomic E-state index is 12.1. The highest BCUT2D eigenvalue weighted by atomic mass is 16.1. The fraction of sp³-hybridized carbons (Fsp3) is 0.333. The molecule has 0 spiro atoms. The summed E-state index contributed by atoms with van der Waals surface area (Å²) < 4.78 is 1.56. The lowest BCUT2D eigenvalue weighted by Gasteiger charge is -2.36. The lowest BCUT2D eigenvalue weighted by molar-refractivity contribution is 0.639. The van der Waals surface area contributed by atoms with Crippen LogP contribution in [0, 0.1) is 0 Å². The summed E-state index contributed by atoms with van der Waals surface area (Å²) in [6.07, 6.45) is 3.35. The monoisotopic (exact) mass is 285 g/mol. The third-order valence-electron chi connectivity index (χ3n) is 3.84. The minimum absolute atomic E-state index is 0.0431. The molecule has 2 aromatic rings. The molecule has 110 valence electrons. The molecule has 0 aliphatic carbocycles. The highest BCUT2D eigenvalue weighted by Crippen LogP contribution is 2.19. The minimum atomic E-state index is -0.0431. The second kappa shape index (κ2) is 5.47. The van der Waals surface area contributed by atoms with Crippen molar-refractivity contribution in [3.63, 3.8) is 0 Å². The number of nitrogen functional groups attached to an aromatic ring is 1. The smallest absolute Gasteiger partial charge is 0.293 e. The van der Waals surface area contributed by atoms with Crippen molar-refractivity contribution in [3.05, 3.63) is 47.0 Å². The van der Waals surface area contributed by atoms with Gasteiger partial charge in [0.25, 0.3) is 5.56 Å². The van der Waals surface area contributed by atoms with Crippen molar-refractivity contribution in [2.45, 2.75) is 0 Å². The van der Waals surface area contributed by atoms with Gasteiger partial charge in [0, 0.05) is 57.0 Å². The van der Waals surface area contributed by atoms with Crippen LogP contribution in [0.15, 0.2) is 41.5 Å². The Morgan fingerprint density at radius 2 is 1.67 bits per heavy atom. The van der Waals surface area contributed by atoms with E-state index >= 15 is 0 Å². The Morgan fingerprint density at radius 1 is 1.05 bits per heavy atom. The van der Waals surface area contributed by atoms with Gasteiger partial charge in [0.1, 0.15) is 0 Å². The first-order valence-electron chi connectivity index (χ1n) is 7.02. The molecule has 6 nitrogen and oxygen atoms in total. The van der Waals surface area contributed by atoms with Crippen LogP contribution < -0.4 is 21.1 Å². The Morgan fingerprint density at radius 3 is 2.33 bits per heavy atom. The molecule has 3 rings (SSSR count). The molecule has 1 aromatic carbocycles. The first-order chi connectivity index (χ1) is 10.1. The van der Waals surface area contributed by atoms with Crippen molar-refractivity contribution in [1.82, 2.24) is 9.55 Å². The van der Waals surface area contributed by atoms with Gasteiger partial charge in [-0.3, -0.25) is 4.79 Å². The number of benzene rings is 1. The minimum Gasteiger partial charge on any atom is -0.399 e. The van der Waals surface area contributed by atoms with Crippen LogP contribution in [-0.2, 0) is 7.05 Å². The predicted octanol–water partition coefficient (Wildman–Crippen LogP) is 0.689. The molecule has 21 heavy (non-hydrogen) atoms. The standard InChI is InChI=1S/C15H19N5O/c1-18-7-6-17-14(15(18)21)20-10-8-19(9-11-20)13-4-2-12(16)3-5-13/h2-7H,8-11,16H2,1H3. The summed E-state index contributed by atoms with van der Waals surface area (Å²) in [6.45, 7) is 3.31. The van der Waals surface area contributed by atoms with Gasteiger partial charge in [-0.2, -0.15) is 0 Å². The van der Waals surface area contributed by atoms with Gasteiger partial charge < -0.3 is 20.1 Å².